The molecule has 1 aliphatic rings. The van der Waals surface area contributed by atoms with E-state index in [-0.39, 0.29) is 17.4 Å². The van der Waals surface area contributed by atoms with Crippen LogP contribution in [-0.2, 0) is 5.41 Å². The molecule has 0 spiro atoms. The Bertz CT molecular complexity index is 1290. The Labute approximate surface area is 188 Å². The van der Waals surface area contributed by atoms with E-state index >= 15 is 0 Å². The van der Waals surface area contributed by atoms with E-state index in [1.807, 2.05) is 65.6 Å². The average molecular weight is 426 g/mol. The Kier molecular flexibility index (Phi) is 4.64. The molecule has 1 heterocycles. The van der Waals surface area contributed by atoms with Gasteiger partial charge in [0, 0.05) is 21.8 Å². The van der Waals surface area contributed by atoms with E-state index in [0.29, 0.717) is 5.02 Å². The summed E-state index contributed by atoms with van der Waals surface area (Å²) in [5.41, 5.74) is 5.15. The molecule has 0 unspecified atom stereocenters. The highest BCUT2D eigenvalue weighted by Gasteiger charge is 2.40. The molecule has 0 fully saturated rings. The van der Waals surface area contributed by atoms with Gasteiger partial charge in [-0.15, -0.1) is 0 Å². The predicted molar refractivity (Wildman–Crippen MR) is 129 cm³/mol. The smallest absolute Gasteiger partial charge is 0.259 e. The van der Waals surface area contributed by atoms with Crippen molar-refractivity contribution in [2.75, 3.05) is 4.90 Å². The largest absolute Gasteiger partial charge is 0.297 e. The van der Waals surface area contributed by atoms with Gasteiger partial charge in [-0.2, -0.15) is 0 Å². The lowest BCUT2D eigenvalue weighted by molar-refractivity contribution is 0.0993. The number of carbonyl (C=O) groups is 1. The molecular formula is C28H24ClNO. The van der Waals surface area contributed by atoms with E-state index in [1.165, 1.54) is 5.56 Å². The molecule has 4 aromatic carbocycles. The Morgan fingerprint density at radius 1 is 0.839 bits per heavy atom. The third-order valence-corrected chi connectivity index (χ3v) is 6.37. The zero-order chi connectivity index (χ0) is 21.8. The van der Waals surface area contributed by atoms with E-state index in [9.17, 15) is 4.79 Å². The van der Waals surface area contributed by atoms with Crippen molar-refractivity contribution in [1.29, 1.82) is 0 Å². The number of fused-ring (bicyclic) bond motifs is 3. The Balaban J connectivity index is 1.76. The minimum atomic E-state index is -0.191. The number of hydrogen-bond acceptors (Lipinski definition) is 1. The van der Waals surface area contributed by atoms with Crippen molar-refractivity contribution in [3.8, 4) is 0 Å². The first kappa shape index (κ1) is 19.8. The monoisotopic (exact) mass is 425 g/mol. The molecule has 0 saturated heterocycles. The predicted octanol–water partition coefficient (Wildman–Crippen LogP) is 7.54. The molecule has 0 radical (unpaired) electrons. The van der Waals surface area contributed by atoms with Gasteiger partial charge in [0.25, 0.3) is 5.91 Å². The van der Waals surface area contributed by atoms with Gasteiger partial charge >= 0.3 is 0 Å². The van der Waals surface area contributed by atoms with Gasteiger partial charge < -0.3 is 0 Å². The number of nitrogens with zero attached hydrogens (tertiary/aromatic N) is 1. The summed E-state index contributed by atoms with van der Waals surface area (Å²) < 4.78 is 0. The number of para-hydroxylation sites is 1. The van der Waals surface area contributed by atoms with Crippen molar-refractivity contribution >= 4 is 34.0 Å². The summed E-state index contributed by atoms with van der Waals surface area (Å²) >= 11 is 6.26. The molecule has 1 atom stereocenters. The van der Waals surface area contributed by atoms with E-state index in [2.05, 4.69) is 45.0 Å². The molecule has 0 N–H and O–H groups in total. The van der Waals surface area contributed by atoms with Crippen LogP contribution < -0.4 is 4.90 Å². The summed E-state index contributed by atoms with van der Waals surface area (Å²) in [6.45, 7) is 6.64. The second kappa shape index (κ2) is 7.25. The molecular weight excluding hydrogens is 402 g/mol. The van der Waals surface area contributed by atoms with Crippen LogP contribution in [0.15, 0.2) is 84.9 Å². The first-order chi connectivity index (χ1) is 14.8. The van der Waals surface area contributed by atoms with Gasteiger partial charge in [0.15, 0.2) is 0 Å². The second-order valence-electron chi connectivity index (χ2n) is 9.18. The lowest BCUT2D eigenvalue weighted by Gasteiger charge is -2.27. The summed E-state index contributed by atoms with van der Waals surface area (Å²) in [5, 5.41) is 2.81. The lowest BCUT2D eigenvalue weighted by Crippen LogP contribution is -2.28. The number of halogens is 1. The quantitative estimate of drug-likeness (QED) is 0.325. The highest BCUT2D eigenvalue weighted by molar-refractivity contribution is 6.31. The fraction of sp³-hybridized carbons (Fsp3) is 0.179. The molecule has 4 aromatic rings. The van der Waals surface area contributed by atoms with Gasteiger partial charge in [-0.1, -0.05) is 87.0 Å². The van der Waals surface area contributed by atoms with E-state index < -0.39 is 0 Å². The summed E-state index contributed by atoms with van der Waals surface area (Å²) in [6.07, 6.45) is 0. The molecule has 0 aromatic heterocycles. The first-order valence-electron chi connectivity index (χ1n) is 10.6. The van der Waals surface area contributed by atoms with Crippen molar-refractivity contribution in [2.24, 2.45) is 0 Å². The number of anilines is 1. The van der Waals surface area contributed by atoms with Crippen molar-refractivity contribution in [3.05, 3.63) is 112 Å². The molecule has 0 aliphatic carbocycles. The van der Waals surface area contributed by atoms with Crippen LogP contribution in [0, 0.1) is 0 Å². The maximum atomic E-state index is 13.6. The van der Waals surface area contributed by atoms with E-state index in [0.717, 1.165) is 33.2 Å². The molecule has 5 rings (SSSR count). The Morgan fingerprint density at radius 3 is 2.23 bits per heavy atom. The average Bonchev–Trinajstić information content (AvgIpc) is 3.06. The van der Waals surface area contributed by atoms with Gasteiger partial charge in [-0.05, 0) is 57.6 Å². The van der Waals surface area contributed by atoms with Crippen LogP contribution in [0.1, 0.15) is 53.9 Å². The van der Waals surface area contributed by atoms with Crippen molar-refractivity contribution < 1.29 is 4.79 Å². The summed E-state index contributed by atoms with van der Waals surface area (Å²) in [4.78, 5) is 15.5. The third kappa shape index (κ3) is 3.32. The van der Waals surface area contributed by atoms with E-state index in [1.54, 1.807) is 0 Å². The van der Waals surface area contributed by atoms with Crippen molar-refractivity contribution in [1.82, 2.24) is 0 Å². The minimum Gasteiger partial charge on any atom is -0.297 e. The maximum absolute atomic E-state index is 13.6. The molecule has 1 amide bonds. The second-order valence-corrected chi connectivity index (χ2v) is 9.61. The standard InChI is InChI=1S/C28H24ClNO/c1-28(2,3)20-12-9-18(10-13-20)26-25-23-16-14-21(29)17-19(23)11-15-24(25)27(31)30(26)22-7-5-4-6-8-22/h4-17,26H,1-3H3/t26-/m0/s1. The fourth-order valence-electron chi connectivity index (χ4n) is 4.52. The van der Waals surface area contributed by atoms with Crippen molar-refractivity contribution in [2.45, 2.75) is 32.2 Å². The SMILES string of the molecule is CC(C)(C)c1ccc([C@H]2c3c(ccc4cc(Cl)ccc34)C(=O)N2c2ccccc2)cc1. The van der Waals surface area contributed by atoms with Gasteiger partial charge in [0.2, 0.25) is 0 Å². The lowest BCUT2D eigenvalue weighted by atomic mass is 9.85. The molecule has 154 valence electrons. The van der Waals surface area contributed by atoms with Crippen LogP contribution >= 0.6 is 11.6 Å². The fourth-order valence-corrected chi connectivity index (χ4v) is 4.70. The Morgan fingerprint density at radius 2 is 1.55 bits per heavy atom. The first-order valence-corrected chi connectivity index (χ1v) is 10.9. The topological polar surface area (TPSA) is 20.3 Å². The normalized spacial score (nSPS) is 16.1. The maximum Gasteiger partial charge on any atom is 0.259 e. The zero-order valence-corrected chi connectivity index (χ0v) is 18.6. The number of benzene rings is 4. The summed E-state index contributed by atoms with van der Waals surface area (Å²) in [5.74, 6) is 0.0305. The number of rotatable bonds is 2. The van der Waals surface area contributed by atoms with Gasteiger partial charge in [0.05, 0.1) is 6.04 Å². The third-order valence-electron chi connectivity index (χ3n) is 6.13. The van der Waals surface area contributed by atoms with E-state index in [4.69, 9.17) is 11.6 Å². The minimum absolute atomic E-state index is 0.0305. The molecule has 2 nitrogen and oxygen atoms in total. The molecule has 0 saturated carbocycles. The van der Waals surface area contributed by atoms with Gasteiger partial charge in [-0.25, -0.2) is 0 Å². The highest BCUT2D eigenvalue weighted by atomic mass is 35.5. The Hall–Kier alpha value is -3.10. The number of hydrogen-bond donors (Lipinski definition) is 0. The summed E-state index contributed by atoms with van der Waals surface area (Å²) in [7, 11) is 0. The number of carbonyl (C=O) groups excluding carboxylic acids is 1. The van der Waals surface area contributed by atoms with Gasteiger partial charge in [0.1, 0.15) is 0 Å². The molecule has 31 heavy (non-hydrogen) atoms. The van der Waals surface area contributed by atoms with Crippen LogP contribution in [0.25, 0.3) is 10.8 Å². The van der Waals surface area contributed by atoms with Crippen LogP contribution in [0.3, 0.4) is 0 Å². The van der Waals surface area contributed by atoms with Crippen molar-refractivity contribution in [3.63, 3.8) is 0 Å². The number of amides is 1. The van der Waals surface area contributed by atoms with Crippen LogP contribution in [0.2, 0.25) is 5.02 Å². The molecule has 3 heteroatoms. The van der Waals surface area contributed by atoms with Crippen LogP contribution in [0.5, 0.6) is 0 Å². The van der Waals surface area contributed by atoms with Gasteiger partial charge in [-0.3, -0.25) is 9.69 Å². The molecule has 1 aliphatic heterocycles. The highest BCUT2D eigenvalue weighted by Crippen LogP contribution is 2.45. The zero-order valence-electron chi connectivity index (χ0n) is 17.9. The summed E-state index contributed by atoms with van der Waals surface area (Å²) in [6, 6.07) is 28.3. The van der Waals surface area contributed by atoms with Crippen LogP contribution in [0.4, 0.5) is 5.69 Å². The van der Waals surface area contributed by atoms with Crippen LogP contribution in [-0.4, -0.2) is 5.91 Å². The molecule has 0 bridgehead atoms.